The van der Waals surface area contributed by atoms with Gasteiger partial charge in [-0.2, -0.15) is 0 Å². The molecule has 0 saturated carbocycles. The third-order valence-corrected chi connectivity index (χ3v) is 1.62. The van der Waals surface area contributed by atoms with Crippen molar-refractivity contribution in [3.05, 3.63) is 17.6 Å². The molecule has 0 amide bonds. The molecule has 0 radical (unpaired) electrons. The predicted molar refractivity (Wildman–Crippen MR) is 54.6 cm³/mol. The number of aliphatic hydroxyl groups excluding tert-OH is 1. The van der Waals surface area contributed by atoms with Gasteiger partial charge in [-0.05, 0) is 6.92 Å². The number of aryl methyl sites for hydroxylation is 1. The molecule has 0 aliphatic rings. The summed E-state index contributed by atoms with van der Waals surface area (Å²) in [4.78, 5) is 8.12. The van der Waals surface area contributed by atoms with Crippen LogP contribution in [0.1, 0.15) is 17.9 Å². The lowest BCUT2D eigenvalue weighted by Crippen LogP contribution is -2.06. The van der Waals surface area contributed by atoms with E-state index >= 15 is 0 Å². The number of terminal acetylenes is 1. The molecule has 1 rings (SSSR count). The van der Waals surface area contributed by atoms with Crippen molar-refractivity contribution >= 4 is 5.82 Å². The first kappa shape index (κ1) is 10.5. The van der Waals surface area contributed by atoms with Gasteiger partial charge in [0.1, 0.15) is 12.4 Å². The summed E-state index contributed by atoms with van der Waals surface area (Å²) in [6, 6.07) is 1.82. The summed E-state index contributed by atoms with van der Waals surface area (Å²) < 4.78 is 0. The smallest absolute Gasteiger partial charge is 0.156 e. The van der Waals surface area contributed by atoms with E-state index in [-0.39, 0.29) is 6.61 Å². The number of aromatic nitrogens is 2. The molecule has 0 saturated heterocycles. The van der Waals surface area contributed by atoms with Gasteiger partial charge in [-0.15, -0.1) is 12.3 Å². The van der Waals surface area contributed by atoms with E-state index in [0.717, 1.165) is 5.69 Å². The molecule has 0 aromatic carbocycles. The molecule has 2 N–H and O–H groups in total. The van der Waals surface area contributed by atoms with E-state index < -0.39 is 0 Å². The van der Waals surface area contributed by atoms with Crippen LogP contribution in [0.25, 0.3) is 0 Å². The molecular formula is C10H13N3O. The molecule has 0 aliphatic carbocycles. The maximum absolute atomic E-state index is 8.87. The van der Waals surface area contributed by atoms with Crippen LogP contribution in [0.15, 0.2) is 6.07 Å². The summed E-state index contributed by atoms with van der Waals surface area (Å²) in [5, 5.41) is 11.9. The van der Waals surface area contributed by atoms with Crippen molar-refractivity contribution in [2.75, 3.05) is 11.9 Å². The average molecular weight is 191 g/mol. The molecule has 14 heavy (non-hydrogen) atoms. The number of anilines is 1. The maximum atomic E-state index is 8.87. The number of aliphatic hydroxyl groups is 1. The highest BCUT2D eigenvalue weighted by Gasteiger charge is 1.99. The Bertz CT molecular complexity index is 344. The summed E-state index contributed by atoms with van der Waals surface area (Å²) in [7, 11) is 0. The zero-order valence-corrected chi connectivity index (χ0v) is 8.12. The molecule has 74 valence electrons. The molecule has 4 nitrogen and oxygen atoms in total. The van der Waals surface area contributed by atoms with E-state index in [1.807, 2.05) is 13.0 Å². The van der Waals surface area contributed by atoms with Crippen LogP contribution in [-0.2, 0) is 6.61 Å². The average Bonchev–Trinajstić information content (AvgIpc) is 2.17. The van der Waals surface area contributed by atoms with Gasteiger partial charge < -0.3 is 10.4 Å². The van der Waals surface area contributed by atoms with Gasteiger partial charge in [0.2, 0.25) is 0 Å². The zero-order chi connectivity index (χ0) is 10.4. The van der Waals surface area contributed by atoms with Gasteiger partial charge in [-0.1, -0.05) is 0 Å². The Morgan fingerprint density at radius 2 is 2.36 bits per heavy atom. The van der Waals surface area contributed by atoms with Crippen LogP contribution in [-0.4, -0.2) is 21.6 Å². The molecule has 0 spiro atoms. The van der Waals surface area contributed by atoms with Crippen molar-refractivity contribution < 1.29 is 5.11 Å². The van der Waals surface area contributed by atoms with Gasteiger partial charge in [-0.25, -0.2) is 9.97 Å². The third-order valence-electron chi connectivity index (χ3n) is 1.62. The third kappa shape index (κ3) is 3.04. The van der Waals surface area contributed by atoms with Crippen molar-refractivity contribution in [2.24, 2.45) is 0 Å². The van der Waals surface area contributed by atoms with Crippen molar-refractivity contribution in [1.29, 1.82) is 0 Å². The van der Waals surface area contributed by atoms with E-state index in [1.165, 1.54) is 0 Å². The summed E-state index contributed by atoms with van der Waals surface area (Å²) in [5.41, 5.74) is 0.826. The molecule has 4 heteroatoms. The molecule has 0 bridgehead atoms. The largest absolute Gasteiger partial charge is 0.388 e. The highest BCUT2D eigenvalue weighted by molar-refractivity contribution is 5.35. The minimum atomic E-state index is -0.147. The van der Waals surface area contributed by atoms with Crippen molar-refractivity contribution in [1.82, 2.24) is 9.97 Å². The first-order valence-electron chi connectivity index (χ1n) is 4.39. The Morgan fingerprint density at radius 1 is 1.57 bits per heavy atom. The first-order valence-corrected chi connectivity index (χ1v) is 4.39. The summed E-state index contributed by atoms with van der Waals surface area (Å²) in [5.74, 6) is 3.66. The van der Waals surface area contributed by atoms with Gasteiger partial charge >= 0.3 is 0 Å². The van der Waals surface area contributed by atoms with Crippen LogP contribution < -0.4 is 5.32 Å². The second kappa shape index (κ2) is 5.20. The normalized spacial score (nSPS) is 9.50. The Kier molecular flexibility index (Phi) is 3.89. The molecule has 1 heterocycles. The number of hydrogen-bond acceptors (Lipinski definition) is 4. The van der Waals surface area contributed by atoms with Crippen LogP contribution in [0.3, 0.4) is 0 Å². The highest BCUT2D eigenvalue weighted by atomic mass is 16.3. The lowest BCUT2D eigenvalue weighted by atomic mass is 10.4. The number of nitrogens with zero attached hydrogens (tertiary/aromatic N) is 2. The van der Waals surface area contributed by atoms with Crippen LogP contribution in [0.2, 0.25) is 0 Å². The quantitative estimate of drug-likeness (QED) is 0.543. The maximum Gasteiger partial charge on any atom is 0.156 e. The van der Waals surface area contributed by atoms with Gasteiger partial charge in [0.25, 0.3) is 0 Å². The monoisotopic (exact) mass is 191 g/mol. The number of nitrogens with one attached hydrogen (secondary N) is 1. The summed E-state index contributed by atoms with van der Waals surface area (Å²) in [6.45, 7) is 2.39. The Hall–Kier alpha value is -1.60. The Balaban J connectivity index is 2.67. The van der Waals surface area contributed by atoms with E-state index in [1.54, 1.807) is 0 Å². The number of rotatable bonds is 4. The van der Waals surface area contributed by atoms with E-state index in [0.29, 0.717) is 24.6 Å². The fraction of sp³-hybridized carbons (Fsp3) is 0.400. The molecule has 1 aromatic heterocycles. The van der Waals surface area contributed by atoms with Gasteiger partial charge in [0.05, 0.1) is 0 Å². The SMILES string of the molecule is C#CCCNc1cc(C)nc(CO)n1. The highest BCUT2D eigenvalue weighted by Crippen LogP contribution is 2.05. The Morgan fingerprint density at radius 3 is 3.00 bits per heavy atom. The molecule has 0 aliphatic heterocycles. The standard InChI is InChI=1S/C10H13N3O/c1-3-4-5-11-9-6-8(2)12-10(7-14)13-9/h1,6,14H,4-5,7H2,2H3,(H,11,12,13). The van der Waals surface area contributed by atoms with Crippen molar-refractivity contribution in [2.45, 2.75) is 20.0 Å². The second-order valence-electron chi connectivity index (χ2n) is 2.85. The van der Waals surface area contributed by atoms with Gasteiger partial charge in [0.15, 0.2) is 5.82 Å². The second-order valence-corrected chi connectivity index (χ2v) is 2.85. The van der Waals surface area contributed by atoms with Crippen LogP contribution in [0.4, 0.5) is 5.82 Å². The zero-order valence-electron chi connectivity index (χ0n) is 8.12. The molecule has 0 fully saturated rings. The molecule has 0 atom stereocenters. The lowest BCUT2D eigenvalue weighted by molar-refractivity contribution is 0.271. The topological polar surface area (TPSA) is 58.0 Å². The van der Waals surface area contributed by atoms with Crippen LogP contribution in [0.5, 0.6) is 0 Å². The fourth-order valence-electron chi connectivity index (χ4n) is 1.05. The van der Waals surface area contributed by atoms with E-state index in [4.69, 9.17) is 11.5 Å². The van der Waals surface area contributed by atoms with Crippen molar-refractivity contribution in [3.63, 3.8) is 0 Å². The fourth-order valence-corrected chi connectivity index (χ4v) is 1.05. The number of hydrogen-bond donors (Lipinski definition) is 2. The van der Waals surface area contributed by atoms with Gasteiger partial charge in [0, 0.05) is 24.7 Å². The predicted octanol–water partition coefficient (Wildman–Crippen LogP) is 0.713. The Labute approximate surface area is 83.4 Å². The summed E-state index contributed by atoms with van der Waals surface area (Å²) in [6.07, 6.45) is 5.77. The summed E-state index contributed by atoms with van der Waals surface area (Å²) >= 11 is 0. The van der Waals surface area contributed by atoms with E-state index in [2.05, 4.69) is 21.2 Å². The molecule has 1 aromatic rings. The first-order chi connectivity index (χ1) is 6.76. The minimum Gasteiger partial charge on any atom is -0.388 e. The molecule has 0 unspecified atom stereocenters. The van der Waals surface area contributed by atoms with Gasteiger partial charge in [-0.3, -0.25) is 0 Å². The minimum absolute atomic E-state index is 0.147. The van der Waals surface area contributed by atoms with Crippen LogP contribution in [0, 0.1) is 19.3 Å². The lowest BCUT2D eigenvalue weighted by Gasteiger charge is -2.05. The van der Waals surface area contributed by atoms with Crippen LogP contribution >= 0.6 is 0 Å². The van der Waals surface area contributed by atoms with Crippen molar-refractivity contribution in [3.8, 4) is 12.3 Å². The molecular weight excluding hydrogens is 178 g/mol. The van der Waals surface area contributed by atoms with E-state index in [9.17, 15) is 0 Å².